The second-order valence-electron chi connectivity index (χ2n) is 6.31. The Bertz CT molecular complexity index is 396. The van der Waals surface area contributed by atoms with Gasteiger partial charge in [-0.15, -0.1) is 0 Å². The van der Waals surface area contributed by atoms with E-state index in [2.05, 4.69) is 43.4 Å². The normalized spacial score (nSPS) is 18.2. The van der Waals surface area contributed by atoms with Gasteiger partial charge in [-0.1, -0.05) is 51.3 Å². The lowest BCUT2D eigenvalue weighted by molar-refractivity contribution is 0.287. The van der Waals surface area contributed by atoms with Gasteiger partial charge >= 0.3 is 0 Å². The fraction of sp³-hybridized carbons (Fsp3) is 0.667. The molecule has 2 heteroatoms. The van der Waals surface area contributed by atoms with Crippen LogP contribution in [0.2, 0.25) is 0 Å². The van der Waals surface area contributed by atoms with Crippen LogP contribution in [0.3, 0.4) is 0 Å². The van der Waals surface area contributed by atoms with Crippen LogP contribution in [0.15, 0.2) is 24.3 Å². The molecular formula is C18H29NO. The van der Waals surface area contributed by atoms with Gasteiger partial charge in [0.2, 0.25) is 0 Å². The maximum atomic E-state index is 5.60. The van der Waals surface area contributed by atoms with E-state index in [4.69, 9.17) is 4.74 Å². The van der Waals surface area contributed by atoms with E-state index in [1.54, 1.807) is 7.11 Å². The summed E-state index contributed by atoms with van der Waals surface area (Å²) >= 11 is 0. The summed E-state index contributed by atoms with van der Waals surface area (Å²) in [6.07, 6.45) is 6.91. The van der Waals surface area contributed by atoms with Gasteiger partial charge in [0.15, 0.2) is 0 Å². The van der Waals surface area contributed by atoms with Crippen LogP contribution in [-0.4, -0.2) is 19.7 Å². The van der Waals surface area contributed by atoms with Gasteiger partial charge in [0, 0.05) is 18.5 Å². The molecule has 1 N–H and O–H groups in total. The maximum absolute atomic E-state index is 5.60. The summed E-state index contributed by atoms with van der Waals surface area (Å²) in [4.78, 5) is 0. The van der Waals surface area contributed by atoms with E-state index in [9.17, 15) is 0 Å². The zero-order valence-electron chi connectivity index (χ0n) is 13.2. The van der Waals surface area contributed by atoms with Gasteiger partial charge in [-0.3, -0.25) is 0 Å². The minimum atomic E-state index is 0.538. The first-order valence-electron chi connectivity index (χ1n) is 8.08. The van der Waals surface area contributed by atoms with Crippen LogP contribution in [-0.2, 0) is 0 Å². The molecule has 0 aromatic heterocycles. The van der Waals surface area contributed by atoms with Crippen LogP contribution in [0.1, 0.15) is 57.4 Å². The topological polar surface area (TPSA) is 21.3 Å². The van der Waals surface area contributed by atoms with Crippen LogP contribution < -0.4 is 10.1 Å². The molecule has 0 heterocycles. The van der Waals surface area contributed by atoms with E-state index in [1.807, 2.05) is 0 Å². The Balaban J connectivity index is 2.19. The molecule has 112 valence electrons. The highest BCUT2D eigenvalue weighted by molar-refractivity contribution is 5.37. The average Bonchev–Trinajstić information content (AvgIpc) is 2.49. The minimum Gasteiger partial charge on any atom is -0.496 e. The van der Waals surface area contributed by atoms with E-state index >= 15 is 0 Å². The summed E-state index contributed by atoms with van der Waals surface area (Å²) in [7, 11) is 1.78. The Morgan fingerprint density at radius 3 is 2.50 bits per heavy atom. The number of benzene rings is 1. The molecule has 2 rings (SSSR count). The fourth-order valence-corrected chi connectivity index (χ4v) is 3.40. The van der Waals surface area contributed by atoms with Gasteiger partial charge in [0.05, 0.1) is 7.11 Å². The van der Waals surface area contributed by atoms with Crippen LogP contribution >= 0.6 is 0 Å². The largest absolute Gasteiger partial charge is 0.496 e. The molecule has 1 aromatic rings. The second kappa shape index (κ2) is 7.68. The number of ether oxygens (including phenoxy) is 1. The molecule has 20 heavy (non-hydrogen) atoms. The predicted molar refractivity (Wildman–Crippen MR) is 85.4 cm³/mol. The smallest absolute Gasteiger partial charge is 0.122 e. The third-order valence-corrected chi connectivity index (χ3v) is 4.50. The first-order valence-corrected chi connectivity index (χ1v) is 8.08. The average molecular weight is 275 g/mol. The summed E-state index contributed by atoms with van der Waals surface area (Å²) in [6.45, 7) is 5.50. The highest BCUT2D eigenvalue weighted by Crippen LogP contribution is 2.39. The Kier molecular flexibility index (Phi) is 5.90. The molecule has 1 fully saturated rings. The summed E-state index contributed by atoms with van der Waals surface area (Å²) in [6, 6.07) is 9.09. The Morgan fingerprint density at radius 2 is 1.85 bits per heavy atom. The quantitative estimate of drug-likeness (QED) is 0.833. The van der Waals surface area contributed by atoms with Crippen LogP contribution in [0, 0.1) is 5.92 Å². The monoisotopic (exact) mass is 275 g/mol. The molecule has 1 aliphatic rings. The van der Waals surface area contributed by atoms with Crippen molar-refractivity contribution in [3.63, 3.8) is 0 Å². The third-order valence-electron chi connectivity index (χ3n) is 4.50. The van der Waals surface area contributed by atoms with E-state index in [1.165, 1.54) is 37.7 Å². The standard InChI is InChI=1S/C18H29NO/c1-14(2)19-13-17(15-9-5-4-6-10-15)16-11-7-8-12-18(16)20-3/h7-8,11-12,14-15,17,19H,4-6,9-10,13H2,1-3H3. The van der Waals surface area contributed by atoms with Crippen molar-refractivity contribution in [1.29, 1.82) is 0 Å². The van der Waals surface area contributed by atoms with Crippen molar-refractivity contribution in [2.45, 2.75) is 57.9 Å². The zero-order chi connectivity index (χ0) is 14.4. The minimum absolute atomic E-state index is 0.538. The summed E-state index contributed by atoms with van der Waals surface area (Å²) in [5, 5.41) is 3.64. The van der Waals surface area contributed by atoms with Crippen molar-refractivity contribution in [2.75, 3.05) is 13.7 Å². The molecule has 1 unspecified atom stereocenters. The molecule has 0 radical (unpaired) electrons. The first-order chi connectivity index (χ1) is 9.72. The molecule has 0 bridgehead atoms. The molecule has 0 aliphatic heterocycles. The van der Waals surface area contributed by atoms with Gasteiger partial charge in [-0.25, -0.2) is 0 Å². The predicted octanol–water partition coefficient (Wildman–Crippen LogP) is 4.36. The van der Waals surface area contributed by atoms with Crippen molar-refractivity contribution in [1.82, 2.24) is 5.32 Å². The van der Waals surface area contributed by atoms with E-state index in [-0.39, 0.29) is 0 Å². The maximum Gasteiger partial charge on any atom is 0.122 e. The number of hydrogen-bond donors (Lipinski definition) is 1. The van der Waals surface area contributed by atoms with Crippen molar-refractivity contribution in [3.05, 3.63) is 29.8 Å². The molecule has 1 atom stereocenters. The molecule has 0 spiro atoms. The van der Waals surface area contributed by atoms with E-state index in [0.717, 1.165) is 18.2 Å². The van der Waals surface area contributed by atoms with Crippen molar-refractivity contribution in [2.24, 2.45) is 5.92 Å². The number of para-hydroxylation sites is 1. The van der Waals surface area contributed by atoms with Crippen LogP contribution in [0.5, 0.6) is 5.75 Å². The van der Waals surface area contributed by atoms with Gasteiger partial charge in [0.25, 0.3) is 0 Å². The van der Waals surface area contributed by atoms with Crippen molar-refractivity contribution < 1.29 is 4.74 Å². The second-order valence-corrected chi connectivity index (χ2v) is 6.31. The van der Waals surface area contributed by atoms with E-state index in [0.29, 0.717) is 12.0 Å². The van der Waals surface area contributed by atoms with Gasteiger partial charge < -0.3 is 10.1 Å². The summed E-state index contributed by atoms with van der Waals surface area (Å²) in [5.41, 5.74) is 1.38. The van der Waals surface area contributed by atoms with Crippen molar-refractivity contribution in [3.8, 4) is 5.75 Å². The lowest BCUT2D eigenvalue weighted by Gasteiger charge is -2.32. The SMILES string of the molecule is COc1ccccc1C(CNC(C)C)C1CCCCC1. The number of hydrogen-bond acceptors (Lipinski definition) is 2. The van der Waals surface area contributed by atoms with Crippen LogP contribution in [0.25, 0.3) is 0 Å². The fourth-order valence-electron chi connectivity index (χ4n) is 3.40. The number of rotatable bonds is 6. The van der Waals surface area contributed by atoms with Crippen molar-refractivity contribution >= 4 is 0 Å². The lowest BCUT2D eigenvalue weighted by Crippen LogP contribution is -2.32. The molecule has 0 amide bonds. The van der Waals surface area contributed by atoms with Gasteiger partial charge in [-0.05, 0) is 30.4 Å². The third kappa shape index (κ3) is 3.99. The summed E-state index contributed by atoms with van der Waals surface area (Å²) < 4.78 is 5.60. The van der Waals surface area contributed by atoms with Gasteiger partial charge in [-0.2, -0.15) is 0 Å². The Hall–Kier alpha value is -1.02. The lowest BCUT2D eigenvalue weighted by atomic mass is 9.76. The highest BCUT2D eigenvalue weighted by atomic mass is 16.5. The molecule has 1 aromatic carbocycles. The molecule has 0 saturated heterocycles. The first kappa shape index (κ1) is 15.4. The number of nitrogens with one attached hydrogen (secondary N) is 1. The Morgan fingerprint density at radius 1 is 1.15 bits per heavy atom. The molecule has 2 nitrogen and oxygen atoms in total. The highest BCUT2D eigenvalue weighted by Gasteiger charge is 2.27. The molecule has 1 aliphatic carbocycles. The molecule has 1 saturated carbocycles. The zero-order valence-corrected chi connectivity index (χ0v) is 13.2. The Labute approximate surface area is 123 Å². The summed E-state index contributed by atoms with van der Waals surface area (Å²) in [5.74, 6) is 2.42. The molecular weight excluding hydrogens is 246 g/mol. The van der Waals surface area contributed by atoms with Gasteiger partial charge in [0.1, 0.15) is 5.75 Å². The number of methoxy groups -OCH3 is 1. The van der Waals surface area contributed by atoms with Crippen LogP contribution in [0.4, 0.5) is 0 Å². The van der Waals surface area contributed by atoms with E-state index < -0.39 is 0 Å².